The number of nitrogens with zero attached hydrogens (tertiary/aromatic N) is 3. The molecule has 2 amide bonds. The Bertz CT molecular complexity index is 961. The first-order chi connectivity index (χ1) is 15.2. The van der Waals surface area contributed by atoms with Crippen LogP contribution >= 0.6 is 0 Å². The number of amides is 2. The number of carbonyl (C=O) groups excluding carboxylic acids is 2. The van der Waals surface area contributed by atoms with Crippen molar-refractivity contribution < 1.29 is 41.1 Å². The van der Waals surface area contributed by atoms with Crippen LogP contribution in [0, 0.1) is 5.41 Å². The van der Waals surface area contributed by atoms with Gasteiger partial charge in [-0.05, 0) is 24.5 Å². The number of halogens is 3. The third-order valence-corrected chi connectivity index (χ3v) is 6.55. The minimum atomic E-state index is -5.08. The van der Waals surface area contributed by atoms with E-state index in [0.717, 1.165) is 24.7 Å². The quantitative estimate of drug-likeness (QED) is 0.659. The zero-order valence-electron chi connectivity index (χ0n) is 18.0. The number of carboxylic acids is 1. The van der Waals surface area contributed by atoms with Crippen LogP contribution in [0.4, 0.5) is 13.2 Å². The fraction of sp³-hybridized carbons (Fsp3) is 0.600. The minimum Gasteiger partial charge on any atom is -0.475 e. The molecule has 2 fully saturated rings. The van der Waals surface area contributed by atoms with Crippen LogP contribution in [0.3, 0.4) is 0 Å². The van der Waals surface area contributed by atoms with Crippen LogP contribution in [0.2, 0.25) is 0 Å². The van der Waals surface area contributed by atoms with Gasteiger partial charge in [0, 0.05) is 63.1 Å². The molecule has 184 valence electrons. The number of alkyl halides is 3. The van der Waals surface area contributed by atoms with Crippen molar-refractivity contribution in [3.8, 4) is 0 Å². The van der Waals surface area contributed by atoms with Gasteiger partial charge in [0.1, 0.15) is 9.84 Å². The van der Waals surface area contributed by atoms with Crippen molar-refractivity contribution in [1.82, 2.24) is 14.8 Å². The fourth-order valence-electron chi connectivity index (χ4n) is 3.83. The largest absolute Gasteiger partial charge is 0.490 e. The number of hydrogen-bond donors (Lipinski definition) is 1. The van der Waals surface area contributed by atoms with Crippen molar-refractivity contribution in [2.24, 2.45) is 5.41 Å². The zero-order valence-corrected chi connectivity index (χ0v) is 18.9. The average Bonchev–Trinajstić information content (AvgIpc) is 3.01. The number of hydrogen-bond acceptors (Lipinski definition) is 6. The molecule has 1 N–H and O–H groups in total. The van der Waals surface area contributed by atoms with Gasteiger partial charge in [-0.2, -0.15) is 13.2 Å². The molecule has 2 saturated heterocycles. The maximum atomic E-state index is 12.4. The molecule has 3 heterocycles. The number of likely N-dealkylation sites (tertiary alicyclic amines) is 2. The lowest BCUT2D eigenvalue weighted by Crippen LogP contribution is -2.44. The monoisotopic (exact) mass is 493 g/mol. The number of piperidine rings is 1. The molecule has 0 aromatic carbocycles. The van der Waals surface area contributed by atoms with Crippen molar-refractivity contribution in [2.75, 3.05) is 31.6 Å². The van der Waals surface area contributed by atoms with Crippen molar-refractivity contribution >= 4 is 27.6 Å². The number of carbonyl (C=O) groups is 3. The SMILES string of the molecule is CS(=O)(=O)CCC(=O)N1CCC2(CC1)CC(=O)N(Cc1cccnc1)C2.O=C(O)C(F)(F)F. The van der Waals surface area contributed by atoms with Crippen LogP contribution in [-0.2, 0) is 30.8 Å². The summed E-state index contributed by atoms with van der Waals surface area (Å²) < 4.78 is 54.2. The van der Waals surface area contributed by atoms with E-state index in [1.54, 1.807) is 17.3 Å². The van der Waals surface area contributed by atoms with Gasteiger partial charge in [0.2, 0.25) is 11.8 Å². The Morgan fingerprint density at radius 2 is 1.85 bits per heavy atom. The van der Waals surface area contributed by atoms with E-state index in [4.69, 9.17) is 9.90 Å². The van der Waals surface area contributed by atoms with Crippen LogP contribution in [-0.4, -0.2) is 83.9 Å². The Morgan fingerprint density at radius 1 is 1.24 bits per heavy atom. The molecular weight excluding hydrogens is 467 g/mol. The summed E-state index contributed by atoms with van der Waals surface area (Å²) >= 11 is 0. The molecule has 0 saturated carbocycles. The summed E-state index contributed by atoms with van der Waals surface area (Å²) in [4.78, 5) is 41.3. The second-order valence-electron chi connectivity index (χ2n) is 8.35. The molecule has 13 heteroatoms. The molecular formula is C20H26F3N3O6S. The molecule has 1 aromatic rings. The molecule has 33 heavy (non-hydrogen) atoms. The van der Waals surface area contributed by atoms with Crippen LogP contribution in [0.25, 0.3) is 0 Å². The number of sulfone groups is 1. The van der Waals surface area contributed by atoms with E-state index in [1.165, 1.54) is 0 Å². The summed E-state index contributed by atoms with van der Waals surface area (Å²) in [5, 5.41) is 7.12. The maximum Gasteiger partial charge on any atom is 0.490 e. The lowest BCUT2D eigenvalue weighted by molar-refractivity contribution is -0.192. The highest BCUT2D eigenvalue weighted by Crippen LogP contribution is 2.41. The third-order valence-electron chi connectivity index (χ3n) is 5.61. The van der Waals surface area contributed by atoms with Gasteiger partial charge in [0.05, 0.1) is 5.75 Å². The van der Waals surface area contributed by atoms with Gasteiger partial charge in [0.15, 0.2) is 0 Å². The first-order valence-electron chi connectivity index (χ1n) is 10.1. The maximum absolute atomic E-state index is 12.4. The number of carboxylic acid groups (broad SMARTS) is 1. The van der Waals surface area contributed by atoms with Gasteiger partial charge in [-0.1, -0.05) is 6.07 Å². The number of rotatable bonds is 5. The summed E-state index contributed by atoms with van der Waals surface area (Å²) in [6.45, 7) is 2.48. The lowest BCUT2D eigenvalue weighted by Gasteiger charge is -2.38. The summed E-state index contributed by atoms with van der Waals surface area (Å²) in [6, 6.07) is 3.83. The first-order valence-corrected chi connectivity index (χ1v) is 12.2. The smallest absolute Gasteiger partial charge is 0.475 e. The Labute approximate surface area is 189 Å². The van der Waals surface area contributed by atoms with Crippen LogP contribution in [0.5, 0.6) is 0 Å². The molecule has 1 spiro atoms. The van der Waals surface area contributed by atoms with E-state index in [1.807, 2.05) is 17.0 Å². The normalized spacial score (nSPS) is 18.1. The predicted octanol–water partition coefficient (Wildman–Crippen LogP) is 1.49. The van der Waals surface area contributed by atoms with Crippen molar-refractivity contribution in [3.63, 3.8) is 0 Å². The van der Waals surface area contributed by atoms with E-state index < -0.39 is 22.0 Å². The molecule has 2 aliphatic heterocycles. The fourth-order valence-corrected chi connectivity index (χ4v) is 4.38. The summed E-state index contributed by atoms with van der Waals surface area (Å²) in [5.74, 6) is -2.81. The molecule has 0 atom stereocenters. The zero-order chi connectivity index (χ0) is 24.9. The minimum absolute atomic E-state index is 0.0396. The molecule has 0 radical (unpaired) electrons. The number of pyridine rings is 1. The Balaban J connectivity index is 0.000000479. The van der Waals surface area contributed by atoms with E-state index in [0.29, 0.717) is 32.6 Å². The number of aliphatic carboxylic acids is 1. The van der Waals surface area contributed by atoms with Crippen LogP contribution < -0.4 is 0 Å². The van der Waals surface area contributed by atoms with Gasteiger partial charge in [0.25, 0.3) is 0 Å². The standard InChI is InChI=1S/C18H25N3O4S.C2HF3O2/c1-26(24,25)10-4-16(22)20-8-5-18(6-9-20)11-17(23)21(14-18)13-15-3-2-7-19-12-15;3-2(4,5)1(6)7/h2-3,7,12H,4-6,8-11,13-14H2,1H3;(H,6,7). The second kappa shape index (κ2) is 10.5. The van der Waals surface area contributed by atoms with Gasteiger partial charge >= 0.3 is 12.1 Å². The molecule has 0 bridgehead atoms. The topological polar surface area (TPSA) is 125 Å². The highest BCUT2D eigenvalue weighted by molar-refractivity contribution is 7.90. The average molecular weight is 494 g/mol. The Hall–Kier alpha value is -2.70. The molecule has 2 aliphatic rings. The van der Waals surface area contributed by atoms with E-state index in [2.05, 4.69) is 4.98 Å². The summed E-state index contributed by atoms with van der Waals surface area (Å²) in [6.07, 6.45) is 1.69. The van der Waals surface area contributed by atoms with E-state index >= 15 is 0 Å². The molecule has 0 aliphatic carbocycles. The third kappa shape index (κ3) is 8.30. The Kier molecular flexibility index (Phi) is 8.44. The van der Waals surface area contributed by atoms with Crippen molar-refractivity contribution in [1.29, 1.82) is 0 Å². The van der Waals surface area contributed by atoms with Crippen molar-refractivity contribution in [2.45, 2.75) is 38.4 Å². The Morgan fingerprint density at radius 3 is 2.33 bits per heavy atom. The lowest BCUT2D eigenvalue weighted by atomic mass is 9.77. The van der Waals surface area contributed by atoms with Crippen LogP contribution in [0.1, 0.15) is 31.2 Å². The van der Waals surface area contributed by atoms with Gasteiger partial charge in [-0.3, -0.25) is 14.6 Å². The highest BCUT2D eigenvalue weighted by Gasteiger charge is 2.45. The molecule has 1 aromatic heterocycles. The van der Waals surface area contributed by atoms with Gasteiger partial charge in [-0.25, -0.2) is 13.2 Å². The van der Waals surface area contributed by atoms with Crippen LogP contribution in [0.15, 0.2) is 24.5 Å². The summed E-state index contributed by atoms with van der Waals surface area (Å²) in [5.41, 5.74) is 0.957. The van der Waals surface area contributed by atoms with E-state index in [-0.39, 0.29) is 29.4 Å². The van der Waals surface area contributed by atoms with E-state index in [9.17, 15) is 31.2 Å². The molecule has 3 rings (SSSR count). The highest BCUT2D eigenvalue weighted by atomic mass is 32.2. The van der Waals surface area contributed by atoms with Gasteiger partial charge < -0.3 is 14.9 Å². The van der Waals surface area contributed by atoms with Crippen molar-refractivity contribution in [3.05, 3.63) is 30.1 Å². The summed E-state index contributed by atoms with van der Waals surface area (Å²) in [7, 11) is -3.13. The molecule has 0 unspecified atom stereocenters. The van der Waals surface area contributed by atoms with Gasteiger partial charge in [-0.15, -0.1) is 0 Å². The molecule has 9 nitrogen and oxygen atoms in total. The first kappa shape index (κ1) is 26.6. The predicted molar refractivity (Wildman–Crippen MR) is 111 cm³/mol. The second-order valence-corrected chi connectivity index (χ2v) is 10.6. The number of aromatic nitrogens is 1.